The zero-order valence-electron chi connectivity index (χ0n) is 5.12. The number of hydrogen-bond donors (Lipinski definition) is 1. The van der Waals surface area contributed by atoms with Gasteiger partial charge >= 0.3 is 0 Å². The summed E-state index contributed by atoms with van der Waals surface area (Å²) in [4.78, 5) is 3.17. The van der Waals surface area contributed by atoms with E-state index < -0.39 is 0 Å². The molecule has 0 aromatic rings. The average molecular weight is 118 g/mol. The highest BCUT2D eigenvalue weighted by Crippen LogP contribution is 1.68. The maximum Gasteiger partial charge on any atom is 0.128 e. The molecule has 0 saturated heterocycles. The van der Waals surface area contributed by atoms with Crippen molar-refractivity contribution in [3.63, 3.8) is 0 Å². The molecule has 1 N–H and O–H groups in total. The molecule has 0 aliphatic heterocycles. The van der Waals surface area contributed by atoms with Gasteiger partial charge in [-0.2, -0.15) is 0 Å². The fraction of sp³-hybridized carbons (Fsp3) is 1.00. The van der Waals surface area contributed by atoms with E-state index in [1.807, 2.05) is 0 Å². The summed E-state index contributed by atoms with van der Waals surface area (Å²) >= 11 is 0. The van der Waals surface area contributed by atoms with E-state index in [9.17, 15) is 0 Å². The Bertz CT molecular complexity index is 40.7. The predicted molar refractivity (Wildman–Crippen MR) is 32.5 cm³/mol. The van der Waals surface area contributed by atoms with Gasteiger partial charge in [-0.15, -0.1) is 0 Å². The fourth-order valence-corrected chi connectivity index (χ4v) is 0.650. The van der Waals surface area contributed by atoms with Crippen molar-refractivity contribution in [3.05, 3.63) is 0 Å². The third kappa shape index (κ3) is 6.14. The fourth-order valence-electron chi connectivity index (χ4n) is 0.217. The minimum absolute atomic E-state index is 0.272. The molecule has 0 amide bonds. The maximum atomic E-state index is 4.77. The van der Waals surface area contributed by atoms with E-state index >= 15 is 0 Å². The van der Waals surface area contributed by atoms with Gasteiger partial charge in [0.15, 0.2) is 0 Å². The van der Waals surface area contributed by atoms with Gasteiger partial charge in [-0.3, -0.25) is 0 Å². The summed E-state index contributed by atoms with van der Waals surface area (Å²) < 4.78 is 4.77. The van der Waals surface area contributed by atoms with E-state index in [2.05, 4.69) is 18.1 Å². The number of hydrogen-bond acceptors (Lipinski definition) is 2. The number of methoxy groups -OCH3 is 1. The molecule has 43 valence electrons. The summed E-state index contributed by atoms with van der Waals surface area (Å²) in [6.45, 7) is 5.06. The molecule has 7 heavy (non-hydrogen) atoms. The third-order valence-electron chi connectivity index (χ3n) is 0.570. The first-order valence-electron chi connectivity index (χ1n) is 2.30. The Balaban J connectivity index is 2.68. The SMILES string of the molecule is COCN[Si](C)C. The van der Waals surface area contributed by atoms with E-state index in [0.717, 1.165) is 0 Å². The summed E-state index contributed by atoms with van der Waals surface area (Å²) in [5.41, 5.74) is 0. The lowest BCUT2D eigenvalue weighted by atomic mass is 11.3. The van der Waals surface area contributed by atoms with Gasteiger partial charge in [0, 0.05) is 7.11 Å². The quantitative estimate of drug-likeness (QED) is 0.428. The summed E-state index contributed by atoms with van der Waals surface area (Å²) in [6.07, 6.45) is 0. The van der Waals surface area contributed by atoms with Crippen molar-refractivity contribution < 1.29 is 4.74 Å². The van der Waals surface area contributed by atoms with Gasteiger partial charge in [-0.1, -0.05) is 13.1 Å². The first kappa shape index (κ1) is 7.14. The van der Waals surface area contributed by atoms with Crippen LogP contribution in [0.25, 0.3) is 0 Å². The van der Waals surface area contributed by atoms with Crippen LogP contribution in [0.3, 0.4) is 0 Å². The standard InChI is InChI=1S/C4H12NOSi/c1-6-4-5-7(2)3/h5H,4H2,1-3H3. The van der Waals surface area contributed by atoms with Crippen molar-refractivity contribution in [1.29, 1.82) is 0 Å². The van der Waals surface area contributed by atoms with Crippen LogP contribution < -0.4 is 4.98 Å². The van der Waals surface area contributed by atoms with Gasteiger partial charge in [-0.25, -0.2) is 0 Å². The first-order chi connectivity index (χ1) is 3.27. The molecular formula is C4H12NOSi. The zero-order chi connectivity index (χ0) is 5.70. The van der Waals surface area contributed by atoms with Gasteiger partial charge in [0.05, 0.1) is 6.73 Å². The van der Waals surface area contributed by atoms with Gasteiger partial charge < -0.3 is 9.72 Å². The molecule has 0 bridgehead atoms. The molecule has 0 saturated carbocycles. The molecule has 0 spiro atoms. The van der Waals surface area contributed by atoms with E-state index in [1.54, 1.807) is 7.11 Å². The molecule has 0 heterocycles. The first-order valence-corrected chi connectivity index (χ1v) is 4.80. The van der Waals surface area contributed by atoms with Gasteiger partial charge in [-0.05, 0) is 0 Å². The number of ether oxygens (including phenoxy) is 1. The van der Waals surface area contributed by atoms with Crippen LogP contribution in [-0.4, -0.2) is 22.8 Å². The Kier molecular flexibility index (Phi) is 4.38. The second-order valence-corrected chi connectivity index (χ2v) is 3.96. The molecule has 0 aromatic carbocycles. The van der Waals surface area contributed by atoms with Gasteiger partial charge in [0.2, 0.25) is 0 Å². The second-order valence-electron chi connectivity index (χ2n) is 1.61. The zero-order valence-corrected chi connectivity index (χ0v) is 6.12. The summed E-state index contributed by atoms with van der Waals surface area (Å²) in [5, 5.41) is 0. The van der Waals surface area contributed by atoms with Crippen LogP contribution in [0, 0.1) is 0 Å². The van der Waals surface area contributed by atoms with E-state index in [1.165, 1.54) is 0 Å². The highest BCUT2D eigenvalue weighted by atomic mass is 28.3. The van der Waals surface area contributed by atoms with Crippen LogP contribution in [0.15, 0.2) is 0 Å². The van der Waals surface area contributed by atoms with Crippen LogP contribution in [0.4, 0.5) is 0 Å². The molecule has 2 nitrogen and oxygen atoms in total. The van der Waals surface area contributed by atoms with Gasteiger partial charge in [0.1, 0.15) is 8.96 Å². The summed E-state index contributed by atoms with van der Waals surface area (Å²) in [7, 11) is 1.42. The van der Waals surface area contributed by atoms with Crippen molar-refractivity contribution in [2.45, 2.75) is 13.1 Å². The van der Waals surface area contributed by atoms with Crippen molar-refractivity contribution in [2.24, 2.45) is 0 Å². The van der Waals surface area contributed by atoms with Crippen molar-refractivity contribution >= 4 is 8.96 Å². The lowest BCUT2D eigenvalue weighted by Gasteiger charge is -2.01. The second kappa shape index (κ2) is 4.30. The summed E-state index contributed by atoms with van der Waals surface area (Å²) in [5.74, 6) is 0. The van der Waals surface area contributed by atoms with E-state index in [4.69, 9.17) is 4.74 Å². The van der Waals surface area contributed by atoms with Crippen molar-refractivity contribution in [3.8, 4) is 0 Å². The van der Waals surface area contributed by atoms with Crippen LogP contribution in [0.1, 0.15) is 0 Å². The lowest BCUT2D eigenvalue weighted by Crippen LogP contribution is -2.28. The average Bonchev–Trinajstić information content (AvgIpc) is 1.61. The Labute approximate surface area is 46.6 Å². The van der Waals surface area contributed by atoms with Crippen LogP contribution in [0.5, 0.6) is 0 Å². The molecule has 3 heteroatoms. The molecule has 0 atom stereocenters. The Hall–Kier alpha value is 0.137. The molecular weight excluding hydrogens is 106 g/mol. The monoisotopic (exact) mass is 118 g/mol. The summed E-state index contributed by atoms with van der Waals surface area (Å²) in [6, 6.07) is 0. The topological polar surface area (TPSA) is 21.3 Å². The van der Waals surface area contributed by atoms with Crippen LogP contribution >= 0.6 is 0 Å². The Morgan fingerprint density at radius 1 is 1.57 bits per heavy atom. The highest BCUT2D eigenvalue weighted by molar-refractivity contribution is 6.52. The van der Waals surface area contributed by atoms with Crippen LogP contribution in [0.2, 0.25) is 13.1 Å². The molecule has 0 aliphatic rings. The number of rotatable bonds is 3. The molecule has 0 unspecified atom stereocenters. The minimum atomic E-state index is -0.272. The molecule has 0 aliphatic carbocycles. The smallest absolute Gasteiger partial charge is 0.128 e. The number of nitrogens with one attached hydrogen (secondary N) is 1. The normalized spacial score (nSPS) is 10.3. The molecule has 0 rings (SSSR count). The Morgan fingerprint density at radius 2 is 2.14 bits per heavy atom. The molecule has 0 fully saturated rings. The van der Waals surface area contributed by atoms with E-state index in [-0.39, 0.29) is 8.96 Å². The third-order valence-corrected chi connectivity index (χ3v) is 1.42. The largest absolute Gasteiger partial charge is 0.370 e. The van der Waals surface area contributed by atoms with E-state index in [0.29, 0.717) is 6.73 Å². The highest BCUT2D eigenvalue weighted by Gasteiger charge is 1.89. The predicted octanol–water partition coefficient (Wildman–Crippen LogP) is 0.431. The van der Waals surface area contributed by atoms with Gasteiger partial charge in [0.25, 0.3) is 0 Å². The molecule has 1 radical (unpaired) electrons. The van der Waals surface area contributed by atoms with Crippen LogP contribution in [-0.2, 0) is 4.74 Å². The van der Waals surface area contributed by atoms with Crippen molar-refractivity contribution in [1.82, 2.24) is 4.98 Å². The molecule has 0 aromatic heterocycles. The maximum absolute atomic E-state index is 4.77. The van der Waals surface area contributed by atoms with Crippen molar-refractivity contribution in [2.75, 3.05) is 13.8 Å². The lowest BCUT2D eigenvalue weighted by molar-refractivity contribution is 0.194. The minimum Gasteiger partial charge on any atom is -0.370 e. The Morgan fingerprint density at radius 3 is 2.29 bits per heavy atom.